The van der Waals surface area contributed by atoms with Crippen LogP contribution in [0.5, 0.6) is 0 Å². The lowest BCUT2D eigenvalue weighted by molar-refractivity contribution is -0.122. The normalized spacial score (nSPS) is 20.4. The highest BCUT2D eigenvalue weighted by atomic mass is 16.5. The van der Waals surface area contributed by atoms with E-state index in [9.17, 15) is 4.79 Å². The molecule has 0 aliphatic carbocycles. The van der Waals surface area contributed by atoms with E-state index in [1.807, 2.05) is 30.3 Å². The molecule has 3 N–H and O–H groups in total. The third kappa shape index (κ3) is 4.94. The van der Waals surface area contributed by atoms with Crippen molar-refractivity contribution in [1.82, 2.24) is 5.32 Å². The van der Waals surface area contributed by atoms with Gasteiger partial charge in [-0.2, -0.15) is 0 Å². The molecule has 110 valence electrons. The Morgan fingerprint density at radius 3 is 2.85 bits per heavy atom. The van der Waals surface area contributed by atoms with Crippen molar-refractivity contribution in [1.29, 1.82) is 0 Å². The molecule has 1 aromatic carbocycles. The second-order valence-electron chi connectivity index (χ2n) is 5.35. The van der Waals surface area contributed by atoms with Crippen LogP contribution < -0.4 is 11.1 Å². The third-order valence-corrected chi connectivity index (χ3v) is 3.71. The van der Waals surface area contributed by atoms with Crippen molar-refractivity contribution in [2.45, 2.75) is 44.2 Å². The summed E-state index contributed by atoms with van der Waals surface area (Å²) in [6, 6.07) is 9.68. The fraction of sp³-hybridized carbons (Fsp3) is 0.562. The number of rotatable bonds is 6. The molecule has 0 saturated carbocycles. The first-order chi connectivity index (χ1) is 9.75. The van der Waals surface area contributed by atoms with E-state index in [0.717, 1.165) is 31.4 Å². The number of amides is 1. The number of nitrogens with two attached hydrogens (primary N) is 1. The molecule has 20 heavy (non-hydrogen) atoms. The van der Waals surface area contributed by atoms with Crippen LogP contribution in [0.1, 0.15) is 43.7 Å². The van der Waals surface area contributed by atoms with Crippen molar-refractivity contribution < 1.29 is 9.53 Å². The number of hydrogen-bond acceptors (Lipinski definition) is 3. The number of benzene rings is 1. The van der Waals surface area contributed by atoms with Gasteiger partial charge in [0.1, 0.15) is 0 Å². The molecule has 1 aliphatic heterocycles. The molecule has 0 spiro atoms. The smallest absolute Gasteiger partial charge is 0.220 e. The third-order valence-electron chi connectivity index (χ3n) is 3.71. The van der Waals surface area contributed by atoms with Crippen LogP contribution in [0, 0.1) is 0 Å². The molecule has 4 heteroatoms. The first-order valence-electron chi connectivity index (χ1n) is 7.44. The zero-order valence-electron chi connectivity index (χ0n) is 11.9. The van der Waals surface area contributed by atoms with E-state index >= 15 is 0 Å². The molecule has 2 rings (SSSR count). The molecule has 0 radical (unpaired) electrons. The van der Waals surface area contributed by atoms with Crippen molar-refractivity contribution in [2.75, 3.05) is 13.2 Å². The Balaban J connectivity index is 1.64. The maximum absolute atomic E-state index is 11.8. The number of carbonyl (C=O) groups is 1. The van der Waals surface area contributed by atoms with Gasteiger partial charge in [-0.1, -0.05) is 30.3 Å². The fourth-order valence-corrected chi connectivity index (χ4v) is 2.46. The Bertz CT molecular complexity index is 402. The van der Waals surface area contributed by atoms with Crippen LogP contribution >= 0.6 is 0 Å². The lowest BCUT2D eigenvalue weighted by Gasteiger charge is -2.22. The minimum Gasteiger partial charge on any atom is -0.378 e. The largest absolute Gasteiger partial charge is 0.378 e. The predicted molar refractivity (Wildman–Crippen MR) is 79.2 cm³/mol. The molecule has 0 aromatic heterocycles. The van der Waals surface area contributed by atoms with Gasteiger partial charge in [0.25, 0.3) is 0 Å². The lowest BCUT2D eigenvalue weighted by atomic mass is 10.0. The van der Waals surface area contributed by atoms with Crippen LogP contribution in [0.25, 0.3) is 0 Å². The Kier molecular flexibility index (Phi) is 6.02. The number of nitrogens with one attached hydrogen (secondary N) is 1. The van der Waals surface area contributed by atoms with Gasteiger partial charge in [-0.3, -0.25) is 4.79 Å². The molecule has 4 nitrogen and oxygen atoms in total. The number of carbonyl (C=O) groups excluding carboxylic acids is 1. The maximum Gasteiger partial charge on any atom is 0.220 e. The maximum atomic E-state index is 11.8. The molecule has 2 unspecified atom stereocenters. The van der Waals surface area contributed by atoms with Gasteiger partial charge in [-0.15, -0.1) is 0 Å². The average molecular weight is 276 g/mol. The second kappa shape index (κ2) is 8.02. The minimum absolute atomic E-state index is 0.0607. The Labute approximate surface area is 120 Å². The summed E-state index contributed by atoms with van der Waals surface area (Å²) in [7, 11) is 0. The first-order valence-corrected chi connectivity index (χ1v) is 7.44. The van der Waals surface area contributed by atoms with Crippen LogP contribution in [0.4, 0.5) is 0 Å². The molecular formula is C16H24N2O2. The topological polar surface area (TPSA) is 64.3 Å². The highest BCUT2D eigenvalue weighted by Crippen LogP contribution is 2.16. The van der Waals surface area contributed by atoms with Crippen LogP contribution in [0.3, 0.4) is 0 Å². The van der Waals surface area contributed by atoms with Gasteiger partial charge < -0.3 is 15.8 Å². The van der Waals surface area contributed by atoms with Gasteiger partial charge in [0.15, 0.2) is 0 Å². The van der Waals surface area contributed by atoms with Crippen molar-refractivity contribution >= 4 is 5.91 Å². The van der Waals surface area contributed by atoms with Crippen molar-refractivity contribution in [2.24, 2.45) is 5.73 Å². The first kappa shape index (κ1) is 15.0. The monoisotopic (exact) mass is 276 g/mol. The van der Waals surface area contributed by atoms with Crippen molar-refractivity contribution in [3.8, 4) is 0 Å². The summed E-state index contributed by atoms with van der Waals surface area (Å²) in [6.45, 7) is 1.32. The van der Waals surface area contributed by atoms with Crippen LogP contribution in [-0.2, 0) is 9.53 Å². The van der Waals surface area contributed by atoms with Crippen LogP contribution in [0.2, 0.25) is 0 Å². The van der Waals surface area contributed by atoms with Gasteiger partial charge in [0.05, 0.1) is 6.10 Å². The standard InChI is InChI=1S/C16H24N2O2/c17-15(13-6-2-1-3-7-13)12-18-16(19)10-9-14-8-4-5-11-20-14/h1-3,6-7,14-15H,4-5,8-12,17H2,(H,18,19). The number of hydrogen-bond donors (Lipinski definition) is 2. The van der Waals surface area contributed by atoms with E-state index in [1.165, 1.54) is 6.42 Å². The molecule has 1 aromatic rings. The molecular weight excluding hydrogens is 252 g/mol. The SMILES string of the molecule is NC(CNC(=O)CCC1CCCCO1)c1ccccc1. The summed E-state index contributed by atoms with van der Waals surface area (Å²) in [5, 5.41) is 2.90. The Morgan fingerprint density at radius 1 is 1.35 bits per heavy atom. The Hall–Kier alpha value is -1.39. The van der Waals surface area contributed by atoms with Gasteiger partial charge in [-0.25, -0.2) is 0 Å². The predicted octanol–water partition coefficient (Wildman–Crippen LogP) is 2.15. The fourth-order valence-electron chi connectivity index (χ4n) is 2.46. The summed E-state index contributed by atoms with van der Waals surface area (Å²) >= 11 is 0. The molecule has 2 atom stereocenters. The van der Waals surface area contributed by atoms with E-state index in [0.29, 0.717) is 13.0 Å². The van der Waals surface area contributed by atoms with Gasteiger partial charge in [0, 0.05) is 25.6 Å². The molecule has 1 fully saturated rings. The van der Waals surface area contributed by atoms with Crippen LogP contribution in [0.15, 0.2) is 30.3 Å². The van der Waals surface area contributed by atoms with Crippen molar-refractivity contribution in [3.63, 3.8) is 0 Å². The van der Waals surface area contributed by atoms with Gasteiger partial charge in [0.2, 0.25) is 5.91 Å². The molecule has 1 saturated heterocycles. The highest BCUT2D eigenvalue weighted by Gasteiger charge is 2.15. The zero-order valence-corrected chi connectivity index (χ0v) is 11.9. The quantitative estimate of drug-likeness (QED) is 0.836. The summed E-state index contributed by atoms with van der Waals surface area (Å²) in [4.78, 5) is 11.8. The number of ether oxygens (including phenoxy) is 1. The molecule has 1 aliphatic rings. The molecule has 1 heterocycles. The van der Waals surface area contributed by atoms with Crippen molar-refractivity contribution in [3.05, 3.63) is 35.9 Å². The summed E-state index contributed by atoms with van der Waals surface area (Å²) in [5.41, 5.74) is 7.09. The van der Waals surface area contributed by atoms with Gasteiger partial charge >= 0.3 is 0 Å². The Morgan fingerprint density at radius 2 is 2.15 bits per heavy atom. The van der Waals surface area contributed by atoms with E-state index in [-0.39, 0.29) is 18.1 Å². The zero-order chi connectivity index (χ0) is 14.2. The summed E-state index contributed by atoms with van der Waals surface area (Å²) in [6.07, 6.45) is 5.03. The van der Waals surface area contributed by atoms with Crippen LogP contribution in [-0.4, -0.2) is 25.2 Å². The van der Waals surface area contributed by atoms with Gasteiger partial charge in [-0.05, 0) is 31.2 Å². The average Bonchev–Trinajstić information content (AvgIpc) is 2.52. The second-order valence-corrected chi connectivity index (χ2v) is 5.35. The highest BCUT2D eigenvalue weighted by molar-refractivity contribution is 5.75. The van der Waals surface area contributed by atoms with E-state index in [2.05, 4.69) is 5.32 Å². The molecule has 1 amide bonds. The summed E-state index contributed by atoms with van der Waals surface area (Å²) in [5.74, 6) is 0.0607. The van der Waals surface area contributed by atoms with E-state index < -0.39 is 0 Å². The van der Waals surface area contributed by atoms with E-state index in [4.69, 9.17) is 10.5 Å². The molecule has 0 bridgehead atoms. The minimum atomic E-state index is -0.147. The summed E-state index contributed by atoms with van der Waals surface area (Å²) < 4.78 is 5.62. The lowest BCUT2D eigenvalue weighted by Crippen LogP contribution is -2.32. The van der Waals surface area contributed by atoms with E-state index in [1.54, 1.807) is 0 Å².